The van der Waals surface area contributed by atoms with Crippen LogP contribution in [0, 0.1) is 34.6 Å². The lowest BCUT2D eigenvalue weighted by molar-refractivity contribution is 1.21. The van der Waals surface area contributed by atoms with E-state index in [1.165, 1.54) is 122 Å². The van der Waals surface area contributed by atoms with Gasteiger partial charge in [-0.2, -0.15) is 0 Å². The van der Waals surface area contributed by atoms with E-state index in [1.54, 1.807) is 12.4 Å². The van der Waals surface area contributed by atoms with Crippen LogP contribution in [0.4, 0.5) is 62.6 Å². The van der Waals surface area contributed by atoms with Gasteiger partial charge in [0.2, 0.25) is 0 Å². The predicted molar refractivity (Wildman–Crippen MR) is 577 cm³/mol. The molecule has 136 heavy (non-hydrogen) atoms. The highest BCUT2D eigenvalue weighted by Crippen LogP contribution is 2.42. The summed E-state index contributed by atoms with van der Waals surface area (Å²) in [5.74, 6) is 0. The first-order chi connectivity index (χ1) is 66.9. The minimum Gasteiger partial charge on any atom is -0.345 e. The number of hydrogen-bond donors (Lipinski definition) is 0. The Kier molecular flexibility index (Phi) is 29.9. The van der Waals surface area contributed by atoms with Crippen molar-refractivity contribution in [3.8, 4) is 67.3 Å². The number of aromatic nitrogens is 4. The second kappa shape index (κ2) is 44.9. The monoisotopic (exact) mass is 1750 g/mol. The number of rotatable bonds is 17. The van der Waals surface area contributed by atoms with Crippen LogP contribution in [-0.4, -0.2) is 27.0 Å². The third-order valence-electron chi connectivity index (χ3n) is 23.7. The molecule has 0 aliphatic heterocycles. The molecule has 22 aromatic rings. The summed E-state index contributed by atoms with van der Waals surface area (Å²) in [6, 6.07) is 178. The molecule has 0 unspecified atom stereocenters. The van der Waals surface area contributed by atoms with E-state index in [9.17, 15) is 0 Å². The summed E-state index contributed by atoms with van der Waals surface area (Å²) in [6.07, 6.45) is 7.28. The van der Waals surface area contributed by atoms with Crippen LogP contribution >= 0.6 is 0 Å². The molecule has 18 aromatic carbocycles. The zero-order chi connectivity index (χ0) is 93.0. The van der Waals surface area contributed by atoms with Gasteiger partial charge in [-0.25, -0.2) is 9.97 Å². The van der Waals surface area contributed by atoms with Gasteiger partial charge in [0.15, 0.2) is 0 Å². The summed E-state index contributed by atoms with van der Waals surface area (Å²) in [7, 11) is 2.10. The number of anilines is 11. The number of hydrogen-bond acceptors (Lipinski definition) is 8. The van der Waals surface area contributed by atoms with Crippen LogP contribution in [0.1, 0.15) is 27.8 Å². The molecule has 4 aromatic heterocycles. The van der Waals surface area contributed by atoms with Gasteiger partial charge in [-0.05, 0) is 248 Å². The molecular weight excluding hydrogens is 1650 g/mol. The van der Waals surface area contributed by atoms with Gasteiger partial charge in [-0.1, -0.05) is 368 Å². The van der Waals surface area contributed by atoms with Crippen LogP contribution in [0.25, 0.3) is 99.6 Å². The maximum Gasteiger partial charge on any atom is 0.0731 e. The first kappa shape index (κ1) is 90.5. The van der Waals surface area contributed by atoms with E-state index in [-0.39, 0.29) is 0 Å². The molecule has 0 saturated heterocycles. The Balaban J connectivity index is 0.000000114. The van der Waals surface area contributed by atoms with Gasteiger partial charge in [0.1, 0.15) is 0 Å². The Hall–Kier alpha value is -17.5. The summed E-state index contributed by atoms with van der Waals surface area (Å²) in [6.45, 7) is 10.5. The quantitative estimate of drug-likeness (QED) is 0.0894. The lowest BCUT2D eigenvalue weighted by atomic mass is 10.00. The number of para-hydroxylation sites is 5. The molecule has 0 N–H and O–H groups in total. The highest BCUT2D eigenvalue weighted by Gasteiger charge is 2.19. The maximum atomic E-state index is 4.93. The second-order valence-corrected chi connectivity index (χ2v) is 33.5. The zero-order valence-corrected chi connectivity index (χ0v) is 77.4. The molecule has 0 amide bonds. The van der Waals surface area contributed by atoms with E-state index < -0.39 is 0 Å². The third kappa shape index (κ3) is 23.5. The fourth-order valence-electron chi connectivity index (χ4n) is 16.3. The van der Waals surface area contributed by atoms with Gasteiger partial charge in [0.05, 0.1) is 28.5 Å². The molecule has 0 aliphatic carbocycles. The summed E-state index contributed by atoms with van der Waals surface area (Å²) in [4.78, 5) is 27.4. The van der Waals surface area contributed by atoms with Crippen LogP contribution in [-0.2, 0) is 0 Å². The van der Waals surface area contributed by atoms with Crippen molar-refractivity contribution < 1.29 is 0 Å². The van der Waals surface area contributed by atoms with Crippen LogP contribution in [0.5, 0.6) is 0 Å². The lowest BCUT2D eigenvalue weighted by Gasteiger charge is -2.26. The first-order valence-corrected chi connectivity index (χ1v) is 46.1. The molecule has 0 fully saturated rings. The van der Waals surface area contributed by atoms with Crippen LogP contribution in [0.2, 0.25) is 0 Å². The lowest BCUT2D eigenvalue weighted by Crippen LogP contribution is -2.10. The topological polar surface area (TPSA) is 64.5 Å². The molecule has 0 spiro atoms. The van der Waals surface area contributed by atoms with E-state index >= 15 is 0 Å². The van der Waals surface area contributed by atoms with Crippen molar-refractivity contribution in [1.82, 2.24) is 19.9 Å². The van der Waals surface area contributed by atoms with Crippen LogP contribution < -0.4 is 19.6 Å². The van der Waals surface area contributed by atoms with E-state index in [0.29, 0.717) is 0 Å². The Labute approximate surface area is 800 Å². The number of aryl methyl sites for hydroxylation is 5. The molecular formula is C128H106N8. The smallest absolute Gasteiger partial charge is 0.0731 e. The Bertz CT molecular complexity index is 7180. The zero-order valence-electron chi connectivity index (χ0n) is 77.4. The van der Waals surface area contributed by atoms with E-state index in [0.717, 1.165) is 67.5 Å². The van der Waals surface area contributed by atoms with Crippen molar-refractivity contribution in [2.75, 3.05) is 26.6 Å². The van der Waals surface area contributed by atoms with Gasteiger partial charge >= 0.3 is 0 Å². The number of pyridine rings is 4. The van der Waals surface area contributed by atoms with Gasteiger partial charge in [0, 0.05) is 122 Å². The highest BCUT2D eigenvalue weighted by atomic mass is 15.2. The molecule has 0 bridgehead atoms. The summed E-state index contributed by atoms with van der Waals surface area (Å²) in [5.41, 5.74) is 32.0. The molecule has 8 heteroatoms. The predicted octanol–water partition coefficient (Wildman–Crippen LogP) is 34.9. The molecule has 0 radical (unpaired) electrons. The van der Waals surface area contributed by atoms with Gasteiger partial charge < -0.3 is 19.6 Å². The van der Waals surface area contributed by atoms with Crippen molar-refractivity contribution >= 4 is 94.9 Å². The molecule has 22 rings (SSSR count). The van der Waals surface area contributed by atoms with Crippen LogP contribution in [0.15, 0.2) is 534 Å². The standard InChI is InChI=1S/C24H19N.2C23H19N.C22H17N3.C19H17N.C17H15N/c1-18-12-14-21(15-13-18)24-17-22(19-8-4-2-5-9-19)16-23(25-24)20-10-6-3-7-11-20;1-18-14-16-21(17-15-18)24(20-10-3-2-4-11-20)23-13-7-9-19-8-5-6-12-22(19)23;1-18-11-14-22(15-12-18)24(21-9-3-2-4-10-21)23-16-13-19-7-5-6-8-20(19)17-23;1-16-6-8-17(9-7-16)21-12-20(18-4-2-10-23-14-18)13-22(25-21)19-5-3-11-24-15-19;1-16-12-14-19(15-13-16)20(17-8-4-2-5-9-17)18-10-6-3-7-11-18;1-18(16-9-3-2-4-10-16)17-12-11-14-7-5-6-8-15(14)13-17/h2-17H,1H3;2*2-17H,1H3;2-15H,1H3;2-15H,1H3;2-13H,1H3. The van der Waals surface area contributed by atoms with Crippen molar-refractivity contribution in [2.45, 2.75) is 34.6 Å². The SMILES string of the molecule is CN(c1ccccc1)c1ccc2ccccc2c1.Cc1ccc(-c2cc(-c3ccccc3)cc(-c3ccccc3)n2)cc1.Cc1ccc(-c2cc(-c3cccnc3)cc(-c3cccnc3)n2)cc1.Cc1ccc(N(c2ccccc2)c2ccc3ccccc3c2)cc1.Cc1ccc(N(c2ccccc2)c2cccc3ccccc23)cc1.Cc1ccc(N(c2ccccc2)c2ccccc2)cc1. The second-order valence-electron chi connectivity index (χ2n) is 33.5. The number of nitrogens with zero attached hydrogens (tertiary/aromatic N) is 8. The molecule has 8 nitrogen and oxygen atoms in total. The summed E-state index contributed by atoms with van der Waals surface area (Å²) in [5, 5.41) is 7.58. The largest absolute Gasteiger partial charge is 0.345 e. The molecule has 658 valence electrons. The van der Waals surface area contributed by atoms with Crippen molar-refractivity contribution in [1.29, 1.82) is 0 Å². The van der Waals surface area contributed by atoms with Gasteiger partial charge in [-0.15, -0.1) is 0 Å². The van der Waals surface area contributed by atoms with E-state index in [1.807, 2.05) is 60.9 Å². The van der Waals surface area contributed by atoms with E-state index in [4.69, 9.17) is 9.97 Å². The van der Waals surface area contributed by atoms with Crippen molar-refractivity contribution in [2.24, 2.45) is 0 Å². The van der Waals surface area contributed by atoms with Crippen LogP contribution in [0.3, 0.4) is 0 Å². The molecule has 0 saturated carbocycles. The molecule has 4 heterocycles. The minimum absolute atomic E-state index is 0.907. The van der Waals surface area contributed by atoms with Crippen molar-refractivity contribution in [3.05, 3.63) is 562 Å². The van der Waals surface area contributed by atoms with E-state index in [2.05, 4.69) is 532 Å². The summed E-state index contributed by atoms with van der Waals surface area (Å²) < 4.78 is 0. The Morgan fingerprint density at radius 3 is 0.868 bits per heavy atom. The maximum absolute atomic E-state index is 4.93. The minimum atomic E-state index is 0.907. The first-order valence-electron chi connectivity index (χ1n) is 46.1. The molecule has 0 aliphatic rings. The average molecular weight is 1760 g/mol. The van der Waals surface area contributed by atoms with Gasteiger partial charge in [0.25, 0.3) is 0 Å². The number of benzene rings is 18. The Morgan fingerprint density at radius 1 is 0.169 bits per heavy atom. The van der Waals surface area contributed by atoms with Crippen molar-refractivity contribution in [3.63, 3.8) is 0 Å². The molecule has 0 atom stereocenters. The van der Waals surface area contributed by atoms with Gasteiger partial charge in [-0.3, -0.25) is 9.97 Å². The third-order valence-corrected chi connectivity index (χ3v) is 23.7. The fraction of sp³-hybridized carbons (Fsp3) is 0.0469. The Morgan fingerprint density at radius 2 is 0.449 bits per heavy atom. The average Bonchev–Trinajstić information content (AvgIpc) is 0.666. The number of fused-ring (bicyclic) bond motifs is 3. The highest BCUT2D eigenvalue weighted by molar-refractivity contribution is 5.99. The fourth-order valence-corrected chi connectivity index (χ4v) is 16.3. The normalized spacial score (nSPS) is 10.6. The summed E-state index contributed by atoms with van der Waals surface area (Å²) >= 11 is 0.